The smallest absolute Gasteiger partial charge is 0.321 e. The van der Waals surface area contributed by atoms with Crippen molar-refractivity contribution in [1.29, 1.82) is 0 Å². The molecular formula is C12H18N2O4S. The second kappa shape index (κ2) is 6.03. The highest BCUT2D eigenvalue weighted by atomic mass is 32.2. The minimum absolute atomic E-state index is 0.0527. The van der Waals surface area contributed by atoms with Crippen molar-refractivity contribution in [2.45, 2.75) is 31.2 Å². The number of para-hydroxylation sites is 1. The average Bonchev–Trinajstić information content (AvgIpc) is 2.27. The number of nitrogens with one attached hydrogen (secondary N) is 1. The molecule has 1 rings (SSSR count). The Balaban J connectivity index is 3.01. The highest BCUT2D eigenvalue weighted by Crippen LogP contribution is 2.18. The Morgan fingerprint density at radius 3 is 2.42 bits per heavy atom. The molecule has 0 radical (unpaired) electrons. The fraction of sp³-hybridized carbons (Fsp3) is 0.417. The first-order valence-corrected chi connectivity index (χ1v) is 7.32. The van der Waals surface area contributed by atoms with E-state index in [4.69, 9.17) is 10.8 Å². The minimum Gasteiger partial charge on any atom is -0.480 e. The van der Waals surface area contributed by atoms with Gasteiger partial charge in [0, 0.05) is 0 Å². The van der Waals surface area contributed by atoms with Gasteiger partial charge in [-0.05, 0) is 24.5 Å². The van der Waals surface area contributed by atoms with Gasteiger partial charge in [0.05, 0.1) is 5.69 Å². The zero-order valence-electron chi connectivity index (χ0n) is 10.8. The van der Waals surface area contributed by atoms with Crippen molar-refractivity contribution in [3.05, 3.63) is 24.3 Å². The third-order valence-electron chi connectivity index (χ3n) is 2.51. The van der Waals surface area contributed by atoms with Crippen molar-refractivity contribution in [3.63, 3.8) is 0 Å². The monoisotopic (exact) mass is 286 g/mol. The second-order valence-electron chi connectivity index (χ2n) is 4.68. The summed E-state index contributed by atoms with van der Waals surface area (Å²) in [6, 6.07) is 4.77. The number of carboxylic acids is 1. The van der Waals surface area contributed by atoms with Crippen molar-refractivity contribution >= 4 is 21.7 Å². The van der Waals surface area contributed by atoms with Crippen LogP contribution in [0.15, 0.2) is 29.2 Å². The molecule has 0 bridgehead atoms. The Hall–Kier alpha value is -1.60. The molecule has 4 N–H and O–H groups in total. The van der Waals surface area contributed by atoms with Crippen molar-refractivity contribution < 1.29 is 18.3 Å². The standard InChI is InChI=1S/C12H18N2O4S/c1-8(2)7-10(12(15)16)14-19(17,18)11-6-4-3-5-9(11)13/h3-6,8,10,14H,7,13H2,1-2H3,(H,15,16)/t10-/m1/s1. The van der Waals surface area contributed by atoms with E-state index in [1.165, 1.54) is 18.2 Å². The summed E-state index contributed by atoms with van der Waals surface area (Å²) in [5, 5.41) is 9.04. The predicted molar refractivity (Wildman–Crippen MR) is 72.1 cm³/mol. The normalized spacial score (nSPS) is 13.4. The largest absolute Gasteiger partial charge is 0.480 e. The molecule has 1 aromatic rings. The zero-order valence-corrected chi connectivity index (χ0v) is 11.6. The fourth-order valence-electron chi connectivity index (χ4n) is 1.65. The number of anilines is 1. The zero-order chi connectivity index (χ0) is 14.6. The van der Waals surface area contributed by atoms with Crippen LogP contribution in [0.3, 0.4) is 0 Å². The molecule has 0 aliphatic heterocycles. The summed E-state index contributed by atoms with van der Waals surface area (Å²) >= 11 is 0. The van der Waals surface area contributed by atoms with Crippen LogP contribution in [0.25, 0.3) is 0 Å². The van der Waals surface area contributed by atoms with E-state index in [9.17, 15) is 13.2 Å². The van der Waals surface area contributed by atoms with Crippen LogP contribution in [0, 0.1) is 5.92 Å². The molecule has 106 valence electrons. The van der Waals surface area contributed by atoms with E-state index in [0.717, 1.165) is 0 Å². The van der Waals surface area contributed by atoms with Gasteiger partial charge >= 0.3 is 5.97 Å². The van der Waals surface area contributed by atoms with Gasteiger partial charge in [-0.25, -0.2) is 8.42 Å². The van der Waals surface area contributed by atoms with E-state index in [0.29, 0.717) is 0 Å². The van der Waals surface area contributed by atoms with Crippen LogP contribution in [0.2, 0.25) is 0 Å². The highest BCUT2D eigenvalue weighted by Gasteiger charge is 2.27. The maximum absolute atomic E-state index is 12.1. The summed E-state index contributed by atoms with van der Waals surface area (Å²) in [6.45, 7) is 3.64. The molecule has 1 atom stereocenters. The molecule has 0 aliphatic carbocycles. The van der Waals surface area contributed by atoms with E-state index in [2.05, 4.69) is 4.72 Å². The Labute approximate surface area is 112 Å². The van der Waals surface area contributed by atoms with Crippen LogP contribution >= 0.6 is 0 Å². The summed E-state index contributed by atoms with van der Waals surface area (Å²) in [5.41, 5.74) is 5.68. The lowest BCUT2D eigenvalue weighted by Gasteiger charge is -2.17. The van der Waals surface area contributed by atoms with Gasteiger partial charge in [-0.2, -0.15) is 4.72 Å². The summed E-state index contributed by atoms with van der Waals surface area (Å²) in [4.78, 5) is 11.0. The van der Waals surface area contributed by atoms with E-state index < -0.39 is 22.0 Å². The first-order valence-electron chi connectivity index (χ1n) is 5.83. The number of carboxylic acid groups (broad SMARTS) is 1. The maximum atomic E-state index is 12.1. The molecule has 0 fully saturated rings. The van der Waals surface area contributed by atoms with E-state index in [-0.39, 0.29) is 22.9 Å². The van der Waals surface area contributed by atoms with Gasteiger partial charge in [-0.3, -0.25) is 4.79 Å². The quantitative estimate of drug-likeness (QED) is 0.677. The molecule has 0 aliphatic rings. The molecule has 0 unspecified atom stereocenters. The van der Waals surface area contributed by atoms with Crippen LogP contribution in [-0.4, -0.2) is 25.5 Å². The Morgan fingerprint density at radius 2 is 1.95 bits per heavy atom. The predicted octanol–water partition coefficient (Wildman–Crippen LogP) is 1.05. The third-order valence-corrected chi connectivity index (χ3v) is 4.06. The SMILES string of the molecule is CC(C)C[C@@H](NS(=O)(=O)c1ccccc1N)C(=O)O. The number of sulfonamides is 1. The average molecular weight is 286 g/mol. The number of nitrogen functional groups attached to an aromatic ring is 1. The number of benzene rings is 1. The molecular weight excluding hydrogens is 268 g/mol. The number of aliphatic carboxylic acids is 1. The Kier molecular flexibility index (Phi) is 4.90. The number of hydrogen-bond acceptors (Lipinski definition) is 4. The van der Waals surface area contributed by atoms with Crippen molar-refractivity contribution in [2.24, 2.45) is 5.92 Å². The first-order chi connectivity index (χ1) is 8.74. The molecule has 0 amide bonds. The lowest BCUT2D eigenvalue weighted by Crippen LogP contribution is -2.41. The lowest BCUT2D eigenvalue weighted by molar-refractivity contribution is -0.139. The van der Waals surface area contributed by atoms with Gasteiger partial charge in [-0.15, -0.1) is 0 Å². The fourth-order valence-corrected chi connectivity index (χ4v) is 2.98. The third kappa shape index (κ3) is 4.22. The van der Waals surface area contributed by atoms with E-state index >= 15 is 0 Å². The van der Waals surface area contributed by atoms with Crippen molar-refractivity contribution in [1.82, 2.24) is 4.72 Å². The van der Waals surface area contributed by atoms with Crippen LogP contribution in [0.5, 0.6) is 0 Å². The first kappa shape index (κ1) is 15.5. The second-order valence-corrected chi connectivity index (χ2v) is 6.36. The van der Waals surface area contributed by atoms with Crippen LogP contribution < -0.4 is 10.5 Å². The van der Waals surface area contributed by atoms with Gasteiger partial charge < -0.3 is 10.8 Å². The molecule has 6 nitrogen and oxygen atoms in total. The molecule has 0 heterocycles. The van der Waals surface area contributed by atoms with Gasteiger partial charge in [0.25, 0.3) is 0 Å². The van der Waals surface area contributed by atoms with Gasteiger partial charge in [0.1, 0.15) is 10.9 Å². The molecule has 1 aromatic carbocycles. The summed E-state index contributed by atoms with van der Waals surface area (Å²) < 4.78 is 26.4. The number of carbonyl (C=O) groups is 1. The van der Waals surface area contributed by atoms with Gasteiger partial charge in [-0.1, -0.05) is 26.0 Å². The highest BCUT2D eigenvalue weighted by molar-refractivity contribution is 7.89. The summed E-state index contributed by atoms with van der Waals surface area (Å²) in [5.74, 6) is -1.15. The van der Waals surface area contributed by atoms with Crippen molar-refractivity contribution in [2.75, 3.05) is 5.73 Å². The number of nitrogens with two attached hydrogens (primary N) is 1. The van der Waals surface area contributed by atoms with Crippen molar-refractivity contribution in [3.8, 4) is 0 Å². The molecule has 0 spiro atoms. The lowest BCUT2D eigenvalue weighted by atomic mass is 10.1. The molecule has 7 heteroatoms. The topological polar surface area (TPSA) is 109 Å². The number of hydrogen-bond donors (Lipinski definition) is 3. The van der Waals surface area contributed by atoms with Crippen LogP contribution in [0.1, 0.15) is 20.3 Å². The van der Waals surface area contributed by atoms with Gasteiger partial charge in [0.2, 0.25) is 10.0 Å². The number of rotatable bonds is 6. The maximum Gasteiger partial charge on any atom is 0.321 e. The van der Waals surface area contributed by atoms with Gasteiger partial charge in [0.15, 0.2) is 0 Å². The molecule has 19 heavy (non-hydrogen) atoms. The molecule has 0 saturated heterocycles. The molecule has 0 aromatic heterocycles. The summed E-state index contributed by atoms with van der Waals surface area (Å²) in [6.07, 6.45) is 0.210. The molecule has 0 saturated carbocycles. The van der Waals surface area contributed by atoms with E-state index in [1.807, 2.05) is 13.8 Å². The Bertz CT molecular complexity index is 555. The summed E-state index contributed by atoms with van der Waals surface area (Å²) in [7, 11) is -3.94. The van der Waals surface area contributed by atoms with E-state index in [1.54, 1.807) is 6.07 Å². The van der Waals surface area contributed by atoms with Crippen LogP contribution in [-0.2, 0) is 14.8 Å². The Morgan fingerprint density at radius 1 is 1.37 bits per heavy atom. The minimum atomic E-state index is -3.94. The van der Waals surface area contributed by atoms with Crippen LogP contribution in [0.4, 0.5) is 5.69 Å².